The lowest BCUT2D eigenvalue weighted by molar-refractivity contribution is -0.140. The molecule has 1 aliphatic rings. The first-order chi connectivity index (χ1) is 19.9. The van der Waals surface area contributed by atoms with Crippen molar-refractivity contribution in [3.05, 3.63) is 107 Å². The summed E-state index contributed by atoms with van der Waals surface area (Å²) in [5, 5.41) is 6.08. The molecule has 0 amide bonds. The summed E-state index contributed by atoms with van der Waals surface area (Å²) >= 11 is 1.74. The molecule has 0 spiro atoms. The van der Waals surface area contributed by atoms with E-state index in [1.54, 1.807) is 17.8 Å². The number of hydrogen-bond donors (Lipinski definition) is 0. The van der Waals surface area contributed by atoms with Gasteiger partial charge in [-0.2, -0.15) is 11.8 Å². The maximum atomic E-state index is 13.7. The molecule has 1 aliphatic carbocycles. The fourth-order valence-electron chi connectivity index (χ4n) is 5.19. The molecule has 208 valence electrons. The molecular formula is C34H32N2O4S. The van der Waals surface area contributed by atoms with E-state index in [0.717, 1.165) is 40.3 Å². The van der Waals surface area contributed by atoms with Crippen molar-refractivity contribution in [3.63, 3.8) is 0 Å². The van der Waals surface area contributed by atoms with Crippen LogP contribution < -0.4 is 0 Å². The summed E-state index contributed by atoms with van der Waals surface area (Å²) in [6.07, 6.45) is 9.64. The molecule has 1 heterocycles. The molecule has 1 unspecified atom stereocenters. The number of nitrogens with zero attached hydrogens (tertiary/aromatic N) is 2. The summed E-state index contributed by atoms with van der Waals surface area (Å²) in [6, 6.07) is 18.9. The smallest absolute Gasteiger partial charge is 0.331 e. The second-order valence-electron chi connectivity index (χ2n) is 10.0. The van der Waals surface area contributed by atoms with Crippen molar-refractivity contribution >= 4 is 56.8 Å². The first kappa shape index (κ1) is 28.3. The monoisotopic (exact) mass is 564 g/mol. The number of Topliss-reactive ketones (excluding diaryl/α,β-unsaturated/α-hetero) is 1. The Balaban J connectivity index is 1.50. The van der Waals surface area contributed by atoms with Gasteiger partial charge in [0, 0.05) is 63.6 Å². The summed E-state index contributed by atoms with van der Waals surface area (Å²) < 4.78 is 2.18. The van der Waals surface area contributed by atoms with Crippen molar-refractivity contribution < 1.29 is 19.2 Å². The van der Waals surface area contributed by atoms with Gasteiger partial charge in [0.15, 0.2) is 5.78 Å². The van der Waals surface area contributed by atoms with Gasteiger partial charge in [-0.1, -0.05) is 53.7 Å². The zero-order chi connectivity index (χ0) is 28.9. The van der Waals surface area contributed by atoms with Crippen LogP contribution in [-0.4, -0.2) is 38.8 Å². The van der Waals surface area contributed by atoms with Gasteiger partial charge in [-0.05, 0) is 68.0 Å². The maximum absolute atomic E-state index is 13.7. The van der Waals surface area contributed by atoms with Crippen LogP contribution in [0, 0.1) is 6.92 Å². The fraction of sp³-hybridized carbons (Fsp3) is 0.235. The standard InChI is InChI=1S/C34H32N2O4S/c1-4-36-31-16-14-24(33(38)27-13-9-8-10-22(27)2)20-28(31)29-21-25(15-17-32(29)36)34(39)30(35-40-23(3)37)18-19-41-26-11-6-5-7-12-26/h5-11,13-17,20-21,26H,4,12,18-19H2,1-3H3/b35-30+. The molecule has 1 atom stereocenters. The van der Waals surface area contributed by atoms with Crippen LogP contribution in [0.3, 0.4) is 0 Å². The molecule has 4 aromatic rings. The molecule has 0 aliphatic heterocycles. The van der Waals surface area contributed by atoms with Crippen molar-refractivity contribution in [3.8, 4) is 0 Å². The summed E-state index contributed by atoms with van der Waals surface area (Å²) in [6.45, 7) is 6.01. The van der Waals surface area contributed by atoms with Crippen LogP contribution in [-0.2, 0) is 16.2 Å². The first-order valence-corrected chi connectivity index (χ1v) is 14.8. The number of aromatic nitrogens is 1. The predicted molar refractivity (Wildman–Crippen MR) is 167 cm³/mol. The fourth-order valence-corrected chi connectivity index (χ4v) is 6.25. The number of ketones is 2. The van der Waals surface area contributed by atoms with Crippen LogP contribution in [0.15, 0.2) is 90.1 Å². The van der Waals surface area contributed by atoms with E-state index in [-0.39, 0.29) is 17.3 Å². The van der Waals surface area contributed by atoms with E-state index in [9.17, 15) is 14.4 Å². The number of benzene rings is 3. The van der Waals surface area contributed by atoms with E-state index in [1.807, 2.05) is 73.7 Å². The summed E-state index contributed by atoms with van der Waals surface area (Å²) in [5.41, 5.74) is 4.83. The normalized spacial score (nSPS) is 15.0. The summed E-state index contributed by atoms with van der Waals surface area (Å²) in [7, 11) is 0. The van der Waals surface area contributed by atoms with E-state index < -0.39 is 5.97 Å². The van der Waals surface area contributed by atoms with Crippen molar-refractivity contribution in [2.75, 3.05) is 5.75 Å². The molecule has 7 heteroatoms. The maximum Gasteiger partial charge on any atom is 0.331 e. The zero-order valence-electron chi connectivity index (χ0n) is 23.4. The third-order valence-corrected chi connectivity index (χ3v) is 8.47. The number of rotatable bonds is 10. The van der Waals surface area contributed by atoms with Crippen LogP contribution >= 0.6 is 11.8 Å². The minimum Gasteiger partial charge on any atom is -0.341 e. The Kier molecular flexibility index (Phi) is 8.64. The predicted octanol–water partition coefficient (Wildman–Crippen LogP) is 7.46. The third kappa shape index (κ3) is 6.10. The molecule has 0 saturated carbocycles. The van der Waals surface area contributed by atoms with Crippen LogP contribution in [0.2, 0.25) is 0 Å². The summed E-state index contributed by atoms with van der Waals surface area (Å²) in [4.78, 5) is 43.5. The van der Waals surface area contributed by atoms with Gasteiger partial charge in [-0.25, -0.2) is 4.79 Å². The van der Waals surface area contributed by atoms with E-state index in [2.05, 4.69) is 28.8 Å². The average Bonchev–Trinajstić information content (AvgIpc) is 3.31. The van der Waals surface area contributed by atoms with E-state index in [0.29, 0.717) is 34.1 Å². The van der Waals surface area contributed by atoms with Gasteiger partial charge in [-0.15, -0.1) is 0 Å². The van der Waals surface area contributed by atoms with Gasteiger partial charge in [0.2, 0.25) is 5.78 Å². The Morgan fingerprint density at radius 3 is 2.34 bits per heavy atom. The number of oxime groups is 1. The molecule has 0 N–H and O–H groups in total. The van der Waals surface area contributed by atoms with Crippen molar-refractivity contribution in [2.24, 2.45) is 5.16 Å². The number of aryl methyl sites for hydroxylation is 2. The number of carbonyl (C=O) groups is 3. The number of carbonyl (C=O) groups excluding carboxylic acids is 3. The highest BCUT2D eigenvalue weighted by molar-refractivity contribution is 8.00. The lowest BCUT2D eigenvalue weighted by Crippen LogP contribution is -2.17. The van der Waals surface area contributed by atoms with Gasteiger partial charge < -0.3 is 9.40 Å². The molecule has 5 rings (SSSR count). The van der Waals surface area contributed by atoms with Crippen molar-refractivity contribution in [1.82, 2.24) is 4.57 Å². The second kappa shape index (κ2) is 12.5. The molecule has 1 aromatic heterocycles. The number of thioether (sulfide) groups is 1. The molecule has 6 nitrogen and oxygen atoms in total. The molecule has 3 aromatic carbocycles. The Labute approximate surface area is 243 Å². The van der Waals surface area contributed by atoms with Gasteiger partial charge in [0.1, 0.15) is 5.71 Å². The van der Waals surface area contributed by atoms with E-state index in [4.69, 9.17) is 4.84 Å². The van der Waals surface area contributed by atoms with E-state index >= 15 is 0 Å². The molecule has 0 fully saturated rings. The Morgan fingerprint density at radius 2 is 1.68 bits per heavy atom. The molecule has 41 heavy (non-hydrogen) atoms. The zero-order valence-corrected chi connectivity index (χ0v) is 24.2. The highest BCUT2D eigenvalue weighted by Crippen LogP contribution is 2.32. The molecular weight excluding hydrogens is 532 g/mol. The lowest BCUT2D eigenvalue weighted by atomic mass is 9.97. The SMILES string of the molecule is CCn1c2ccc(C(=O)/C(CCSC3C=CC=CC3)=N/OC(C)=O)cc2c2cc(C(=O)c3ccccc3C)ccc21. The quantitative estimate of drug-likeness (QED) is 0.0865. The number of hydrogen-bond acceptors (Lipinski definition) is 6. The van der Waals surface area contributed by atoms with Gasteiger partial charge in [0.25, 0.3) is 0 Å². The van der Waals surface area contributed by atoms with Gasteiger partial charge in [0.05, 0.1) is 0 Å². The van der Waals surface area contributed by atoms with Crippen LogP contribution in [0.4, 0.5) is 0 Å². The van der Waals surface area contributed by atoms with Crippen molar-refractivity contribution in [1.29, 1.82) is 0 Å². The molecule has 0 bridgehead atoms. The molecule has 0 saturated heterocycles. The first-order valence-electron chi connectivity index (χ1n) is 13.8. The number of fused-ring (bicyclic) bond motifs is 3. The largest absolute Gasteiger partial charge is 0.341 e. The topological polar surface area (TPSA) is 77.7 Å². The minimum atomic E-state index is -0.573. The Hall–Kier alpha value is -4.23. The Bertz CT molecular complexity index is 1740. The van der Waals surface area contributed by atoms with Gasteiger partial charge >= 0.3 is 5.97 Å². The van der Waals surface area contributed by atoms with Crippen LogP contribution in [0.25, 0.3) is 21.8 Å². The highest BCUT2D eigenvalue weighted by Gasteiger charge is 2.20. The summed E-state index contributed by atoms with van der Waals surface area (Å²) in [5.74, 6) is -0.226. The van der Waals surface area contributed by atoms with Crippen LogP contribution in [0.1, 0.15) is 58.5 Å². The molecule has 0 radical (unpaired) electrons. The second-order valence-corrected chi connectivity index (χ2v) is 11.4. The Morgan fingerprint density at radius 1 is 0.976 bits per heavy atom. The van der Waals surface area contributed by atoms with Gasteiger partial charge in [-0.3, -0.25) is 9.59 Å². The van der Waals surface area contributed by atoms with Crippen molar-refractivity contribution in [2.45, 2.75) is 45.4 Å². The minimum absolute atomic E-state index is 0.0359. The van der Waals surface area contributed by atoms with E-state index in [1.165, 1.54) is 6.92 Å². The lowest BCUT2D eigenvalue weighted by Gasteiger charge is -2.12. The third-order valence-electron chi connectivity index (χ3n) is 7.25. The average molecular weight is 565 g/mol. The van der Waals surface area contributed by atoms with Crippen LogP contribution in [0.5, 0.6) is 0 Å². The number of allylic oxidation sites excluding steroid dienone is 3. The highest BCUT2D eigenvalue weighted by atomic mass is 32.2.